The Balaban J connectivity index is 2.21. The van der Waals surface area contributed by atoms with E-state index in [-0.39, 0.29) is 0 Å². The first-order valence-corrected chi connectivity index (χ1v) is 9.60. The highest BCUT2D eigenvalue weighted by Crippen LogP contribution is 2.34. The Morgan fingerprint density at radius 2 is 1.52 bits per heavy atom. The zero-order chi connectivity index (χ0) is 17.2. The van der Waals surface area contributed by atoms with Crippen LogP contribution in [0.5, 0.6) is 0 Å². The third kappa shape index (κ3) is 6.07. The molecular weight excluding hydrogens is 290 g/mol. The van der Waals surface area contributed by atoms with Gasteiger partial charge in [-0.15, -0.1) is 0 Å². The number of likely N-dealkylation sites (N-methyl/N-ethyl adjacent to an activating group) is 1. The molecule has 1 heterocycles. The SMILES string of the molecule is CCCCCCCCCCCCC1(C(=O)O)CCOC[N+]1(C)C. The van der Waals surface area contributed by atoms with Crippen molar-refractivity contribution in [3.63, 3.8) is 0 Å². The molecule has 1 aliphatic heterocycles. The van der Waals surface area contributed by atoms with Crippen LogP contribution in [0.25, 0.3) is 0 Å². The van der Waals surface area contributed by atoms with Gasteiger partial charge in [-0.1, -0.05) is 64.7 Å². The third-order valence-electron chi connectivity index (χ3n) is 5.57. The molecule has 0 aromatic rings. The lowest BCUT2D eigenvalue weighted by atomic mass is 9.84. The molecule has 0 aromatic heterocycles. The number of carbonyl (C=O) groups is 1. The van der Waals surface area contributed by atoms with Gasteiger partial charge in [0.2, 0.25) is 5.54 Å². The van der Waals surface area contributed by atoms with Crippen molar-refractivity contribution >= 4 is 5.97 Å². The summed E-state index contributed by atoms with van der Waals surface area (Å²) >= 11 is 0. The van der Waals surface area contributed by atoms with Gasteiger partial charge in [0.05, 0.1) is 20.7 Å². The molecule has 1 fully saturated rings. The first kappa shape index (κ1) is 20.4. The van der Waals surface area contributed by atoms with Crippen molar-refractivity contribution in [2.45, 2.75) is 89.5 Å². The van der Waals surface area contributed by atoms with E-state index in [0.717, 1.165) is 19.3 Å². The van der Waals surface area contributed by atoms with Crippen LogP contribution in [0.3, 0.4) is 0 Å². The van der Waals surface area contributed by atoms with Gasteiger partial charge in [0.1, 0.15) is 0 Å². The van der Waals surface area contributed by atoms with Gasteiger partial charge in [0.15, 0.2) is 6.73 Å². The monoisotopic (exact) mass is 328 g/mol. The number of carboxylic acids is 1. The van der Waals surface area contributed by atoms with Gasteiger partial charge in [-0.2, -0.15) is 0 Å². The van der Waals surface area contributed by atoms with Crippen molar-refractivity contribution in [1.29, 1.82) is 0 Å². The van der Waals surface area contributed by atoms with Crippen molar-refractivity contribution in [1.82, 2.24) is 0 Å². The molecule has 0 amide bonds. The highest BCUT2D eigenvalue weighted by Gasteiger charge is 2.54. The first-order valence-electron chi connectivity index (χ1n) is 9.60. The largest absolute Gasteiger partial charge is 0.477 e. The van der Waals surface area contributed by atoms with E-state index in [1.54, 1.807) is 0 Å². The Bertz CT molecular complexity index is 344. The molecule has 0 bridgehead atoms. The summed E-state index contributed by atoms with van der Waals surface area (Å²) in [7, 11) is 3.98. The minimum Gasteiger partial charge on any atom is -0.477 e. The first-order chi connectivity index (χ1) is 11.0. The Morgan fingerprint density at radius 3 is 2.00 bits per heavy atom. The molecule has 0 aromatic carbocycles. The number of aliphatic carboxylic acids is 1. The molecule has 1 unspecified atom stereocenters. The number of unbranched alkanes of at least 4 members (excludes halogenated alkanes) is 9. The van der Waals surface area contributed by atoms with E-state index in [1.165, 1.54) is 51.4 Å². The molecule has 0 aliphatic carbocycles. The van der Waals surface area contributed by atoms with E-state index in [0.29, 0.717) is 24.2 Å². The molecule has 1 aliphatic rings. The fourth-order valence-electron chi connectivity index (χ4n) is 3.77. The van der Waals surface area contributed by atoms with Gasteiger partial charge < -0.3 is 9.84 Å². The standard InChI is InChI=1S/C19H37NO3/c1-4-5-6-7-8-9-10-11-12-13-14-19(18(21)22)15-16-23-17-20(19,2)3/h4-17H2,1-3H3/p+1. The summed E-state index contributed by atoms with van der Waals surface area (Å²) in [6.07, 6.45) is 14.3. The van der Waals surface area contributed by atoms with Crippen molar-refractivity contribution in [3.05, 3.63) is 0 Å². The van der Waals surface area contributed by atoms with Crippen LogP contribution in [0.1, 0.15) is 84.0 Å². The van der Waals surface area contributed by atoms with Crippen LogP contribution in [-0.2, 0) is 9.53 Å². The fraction of sp³-hybridized carbons (Fsp3) is 0.947. The summed E-state index contributed by atoms with van der Waals surface area (Å²) in [6.45, 7) is 3.33. The Labute approximate surface area is 142 Å². The molecule has 0 spiro atoms. The normalized spacial score (nSPS) is 23.8. The molecule has 4 heteroatoms. The molecular formula is C19H38NO3+. The lowest BCUT2D eigenvalue weighted by molar-refractivity contribution is -0.958. The van der Waals surface area contributed by atoms with Crippen molar-refractivity contribution in [2.24, 2.45) is 0 Å². The smallest absolute Gasteiger partial charge is 0.365 e. The van der Waals surface area contributed by atoms with E-state index in [2.05, 4.69) is 6.92 Å². The topological polar surface area (TPSA) is 46.5 Å². The lowest BCUT2D eigenvalue weighted by Gasteiger charge is -2.48. The summed E-state index contributed by atoms with van der Waals surface area (Å²) in [4.78, 5) is 11.9. The number of hydrogen-bond donors (Lipinski definition) is 1. The van der Waals surface area contributed by atoms with E-state index < -0.39 is 11.5 Å². The number of ether oxygens (including phenoxy) is 1. The van der Waals surface area contributed by atoms with Crippen molar-refractivity contribution < 1.29 is 19.1 Å². The third-order valence-corrected chi connectivity index (χ3v) is 5.57. The fourth-order valence-corrected chi connectivity index (χ4v) is 3.77. The molecule has 1 N–H and O–H groups in total. The van der Waals surface area contributed by atoms with Crippen LogP contribution in [0.4, 0.5) is 0 Å². The second-order valence-electron chi connectivity index (χ2n) is 7.74. The Hall–Kier alpha value is -0.610. The van der Waals surface area contributed by atoms with Crippen LogP contribution in [0, 0.1) is 0 Å². The Morgan fingerprint density at radius 1 is 1.00 bits per heavy atom. The molecule has 1 saturated heterocycles. The van der Waals surface area contributed by atoms with Crippen LogP contribution in [0.2, 0.25) is 0 Å². The highest BCUT2D eigenvalue weighted by atomic mass is 16.5. The van der Waals surface area contributed by atoms with Crippen LogP contribution in [0.15, 0.2) is 0 Å². The molecule has 0 radical (unpaired) electrons. The predicted molar refractivity (Wildman–Crippen MR) is 94.4 cm³/mol. The average molecular weight is 329 g/mol. The predicted octanol–water partition coefficient (Wildman–Crippen LogP) is 4.58. The maximum atomic E-state index is 11.9. The summed E-state index contributed by atoms with van der Waals surface area (Å²) < 4.78 is 5.94. The number of nitrogens with zero attached hydrogens (tertiary/aromatic N) is 1. The summed E-state index contributed by atoms with van der Waals surface area (Å²) in [6, 6.07) is 0. The van der Waals surface area contributed by atoms with Gasteiger partial charge in [0, 0.05) is 12.8 Å². The number of rotatable bonds is 12. The maximum Gasteiger partial charge on any atom is 0.365 e. The lowest BCUT2D eigenvalue weighted by Crippen LogP contribution is -2.67. The van der Waals surface area contributed by atoms with Gasteiger partial charge in [-0.05, 0) is 6.42 Å². The minimum atomic E-state index is -0.654. The second-order valence-corrected chi connectivity index (χ2v) is 7.74. The highest BCUT2D eigenvalue weighted by molar-refractivity contribution is 5.77. The van der Waals surface area contributed by atoms with Gasteiger partial charge >= 0.3 is 5.97 Å². The van der Waals surface area contributed by atoms with Crippen molar-refractivity contribution in [3.8, 4) is 0 Å². The minimum absolute atomic E-state index is 0.444. The zero-order valence-corrected chi connectivity index (χ0v) is 15.6. The molecule has 1 atom stereocenters. The van der Waals surface area contributed by atoms with Crippen LogP contribution < -0.4 is 0 Å². The van der Waals surface area contributed by atoms with Gasteiger partial charge in [0.25, 0.3) is 0 Å². The van der Waals surface area contributed by atoms with E-state index in [1.807, 2.05) is 14.1 Å². The number of quaternary nitrogens is 1. The van der Waals surface area contributed by atoms with E-state index in [4.69, 9.17) is 4.74 Å². The number of carboxylic acid groups (broad SMARTS) is 1. The zero-order valence-electron chi connectivity index (χ0n) is 15.6. The molecule has 1 rings (SSSR count). The van der Waals surface area contributed by atoms with Gasteiger partial charge in [-0.3, -0.25) is 4.48 Å². The molecule has 0 saturated carbocycles. The molecule has 4 nitrogen and oxygen atoms in total. The van der Waals surface area contributed by atoms with Crippen molar-refractivity contribution in [2.75, 3.05) is 27.4 Å². The molecule has 136 valence electrons. The summed E-state index contributed by atoms with van der Waals surface area (Å²) in [5.41, 5.74) is -0.654. The average Bonchev–Trinajstić information content (AvgIpc) is 2.50. The van der Waals surface area contributed by atoms with E-state index >= 15 is 0 Å². The summed E-state index contributed by atoms with van der Waals surface area (Å²) in [5.74, 6) is -0.651. The van der Waals surface area contributed by atoms with E-state index in [9.17, 15) is 9.90 Å². The second kappa shape index (κ2) is 10.3. The Kier molecular flexibility index (Phi) is 9.15. The van der Waals surface area contributed by atoms with Gasteiger partial charge in [-0.25, -0.2) is 4.79 Å². The maximum absolute atomic E-state index is 11.9. The quantitative estimate of drug-likeness (QED) is 0.421. The molecule has 23 heavy (non-hydrogen) atoms. The number of hydrogen-bond acceptors (Lipinski definition) is 2. The van der Waals surface area contributed by atoms with Crippen LogP contribution in [-0.4, -0.2) is 48.5 Å². The van der Waals surface area contributed by atoms with Crippen LogP contribution >= 0.6 is 0 Å². The summed E-state index contributed by atoms with van der Waals surface area (Å²) in [5, 5.41) is 9.80.